The molecule has 0 bridgehead atoms. The Morgan fingerprint density at radius 1 is 1.10 bits per heavy atom. The molecule has 0 radical (unpaired) electrons. The Morgan fingerprint density at radius 2 is 1.79 bits per heavy atom. The van der Waals surface area contributed by atoms with Gasteiger partial charge in [0.25, 0.3) is 0 Å². The third kappa shape index (κ3) is 4.61. The second kappa shape index (κ2) is 8.53. The number of halogens is 1. The molecule has 0 aromatic heterocycles. The molecule has 2 unspecified atom stereocenters. The van der Waals surface area contributed by atoms with Crippen molar-refractivity contribution in [2.24, 2.45) is 5.41 Å². The van der Waals surface area contributed by atoms with Crippen LogP contribution in [0.25, 0.3) is 0 Å². The fraction of sp³-hybridized carbons (Fsp3) is 0.364. The van der Waals surface area contributed by atoms with E-state index in [9.17, 15) is 24.9 Å². The van der Waals surface area contributed by atoms with Crippen LogP contribution >= 0.6 is 11.6 Å². The number of rotatable bonds is 8. The fourth-order valence-electron chi connectivity index (χ4n) is 3.82. The normalized spacial score (nSPS) is 16.8. The first kappa shape index (κ1) is 21.3. The number of hydrogen-bond donors (Lipinski definition) is 4. The molecule has 2 aromatic carbocycles. The summed E-state index contributed by atoms with van der Waals surface area (Å²) in [6.45, 7) is 2.37. The Bertz CT molecular complexity index is 915. The maximum atomic E-state index is 11.6. The molecule has 1 aliphatic carbocycles. The number of aliphatic hydroxyl groups is 1. The first-order valence-corrected chi connectivity index (χ1v) is 9.83. The summed E-state index contributed by atoms with van der Waals surface area (Å²) in [5.74, 6) is -2.60. The monoisotopic (exact) mass is 417 g/mol. The molecule has 4 N–H and O–H groups in total. The van der Waals surface area contributed by atoms with Crippen LogP contribution in [0.3, 0.4) is 0 Å². The van der Waals surface area contributed by atoms with Crippen LogP contribution in [0, 0.1) is 5.41 Å². The van der Waals surface area contributed by atoms with Gasteiger partial charge in [-0.15, -0.1) is 0 Å². The lowest BCUT2D eigenvalue weighted by molar-refractivity contribution is -0.163. The molecule has 2 atom stereocenters. The van der Waals surface area contributed by atoms with Crippen LogP contribution in [-0.2, 0) is 28.9 Å². The van der Waals surface area contributed by atoms with Gasteiger partial charge in [-0.05, 0) is 60.6 Å². The Kier molecular flexibility index (Phi) is 6.27. The van der Waals surface area contributed by atoms with E-state index in [1.54, 1.807) is 18.2 Å². The molecule has 154 valence electrons. The van der Waals surface area contributed by atoms with Gasteiger partial charge in [0, 0.05) is 17.6 Å². The van der Waals surface area contributed by atoms with E-state index in [1.165, 1.54) is 0 Å². The molecule has 0 saturated carbocycles. The first-order valence-electron chi connectivity index (χ1n) is 9.45. The van der Waals surface area contributed by atoms with Crippen LogP contribution in [0.15, 0.2) is 42.5 Å². The molecule has 0 saturated heterocycles. The smallest absolute Gasteiger partial charge is 0.321 e. The van der Waals surface area contributed by atoms with Crippen molar-refractivity contribution < 1.29 is 24.9 Å². The van der Waals surface area contributed by atoms with E-state index in [4.69, 9.17) is 11.6 Å². The fourth-order valence-corrected chi connectivity index (χ4v) is 4.02. The number of nitrogens with one attached hydrogen (secondary N) is 1. The summed E-state index contributed by atoms with van der Waals surface area (Å²) < 4.78 is 0. The Hall–Kier alpha value is -2.41. The Morgan fingerprint density at radius 3 is 2.45 bits per heavy atom. The number of carboxylic acid groups (broad SMARTS) is 2. The van der Waals surface area contributed by atoms with Gasteiger partial charge in [-0.1, -0.05) is 41.9 Å². The minimum atomic E-state index is -1.77. The summed E-state index contributed by atoms with van der Waals surface area (Å²) in [5, 5.41) is 33.0. The molecule has 0 heterocycles. The largest absolute Gasteiger partial charge is 0.480 e. The molecule has 0 aliphatic heterocycles. The molecule has 0 fully saturated rings. The van der Waals surface area contributed by atoms with Crippen molar-refractivity contribution in [2.75, 3.05) is 6.54 Å². The molecule has 6 nitrogen and oxygen atoms in total. The summed E-state index contributed by atoms with van der Waals surface area (Å²) >= 11 is 5.96. The quantitative estimate of drug-likeness (QED) is 0.492. The number of carboxylic acids is 2. The minimum Gasteiger partial charge on any atom is -0.480 e. The van der Waals surface area contributed by atoms with E-state index in [0.717, 1.165) is 22.3 Å². The highest BCUT2D eigenvalue weighted by Gasteiger charge is 2.50. The Labute approximate surface area is 174 Å². The molecule has 7 heteroatoms. The second-order valence-corrected chi connectivity index (χ2v) is 8.17. The lowest BCUT2D eigenvalue weighted by Gasteiger charge is -2.18. The Balaban J connectivity index is 1.61. The third-order valence-electron chi connectivity index (χ3n) is 5.51. The van der Waals surface area contributed by atoms with E-state index in [-0.39, 0.29) is 18.9 Å². The van der Waals surface area contributed by atoms with Crippen LogP contribution in [0.4, 0.5) is 0 Å². The zero-order chi connectivity index (χ0) is 21.2. The molecular weight excluding hydrogens is 394 g/mol. The molecule has 0 spiro atoms. The van der Waals surface area contributed by atoms with Crippen molar-refractivity contribution in [2.45, 2.75) is 38.3 Å². The van der Waals surface area contributed by atoms with E-state index in [1.807, 2.05) is 31.2 Å². The molecular formula is C22H24ClNO5. The van der Waals surface area contributed by atoms with E-state index >= 15 is 0 Å². The highest BCUT2D eigenvalue weighted by Crippen LogP contribution is 2.38. The average Bonchev–Trinajstić information content (AvgIpc) is 3.06. The average molecular weight is 418 g/mol. The summed E-state index contributed by atoms with van der Waals surface area (Å²) in [7, 11) is 0. The maximum Gasteiger partial charge on any atom is 0.321 e. The van der Waals surface area contributed by atoms with Crippen molar-refractivity contribution in [1.82, 2.24) is 5.32 Å². The van der Waals surface area contributed by atoms with Crippen LogP contribution in [0.5, 0.6) is 0 Å². The van der Waals surface area contributed by atoms with E-state index in [2.05, 4.69) is 5.32 Å². The van der Waals surface area contributed by atoms with Crippen molar-refractivity contribution >= 4 is 23.5 Å². The summed E-state index contributed by atoms with van der Waals surface area (Å²) in [5.41, 5.74) is 1.52. The van der Waals surface area contributed by atoms with Crippen molar-refractivity contribution in [3.63, 3.8) is 0 Å². The summed E-state index contributed by atoms with van der Waals surface area (Å²) in [6.07, 6.45) is -0.00550. The number of carbonyl (C=O) groups is 2. The number of fused-ring (bicyclic) bond motifs is 1. The van der Waals surface area contributed by atoms with Gasteiger partial charge in [0.1, 0.15) is 0 Å². The van der Waals surface area contributed by atoms with Crippen LogP contribution in [0.1, 0.15) is 35.3 Å². The number of hydrogen-bond acceptors (Lipinski definition) is 4. The van der Waals surface area contributed by atoms with Crippen LogP contribution in [0.2, 0.25) is 5.02 Å². The zero-order valence-electron chi connectivity index (χ0n) is 16.1. The second-order valence-electron chi connectivity index (χ2n) is 7.73. The molecule has 2 aromatic rings. The van der Waals surface area contributed by atoms with Gasteiger partial charge >= 0.3 is 11.9 Å². The van der Waals surface area contributed by atoms with Crippen molar-refractivity contribution in [1.29, 1.82) is 0 Å². The van der Waals surface area contributed by atoms with Gasteiger partial charge in [-0.3, -0.25) is 9.59 Å². The highest BCUT2D eigenvalue weighted by molar-refractivity contribution is 6.30. The predicted octanol–water partition coefficient (Wildman–Crippen LogP) is 2.85. The summed E-state index contributed by atoms with van der Waals surface area (Å²) in [4.78, 5) is 23.1. The van der Waals surface area contributed by atoms with E-state index in [0.29, 0.717) is 18.0 Å². The summed E-state index contributed by atoms with van der Waals surface area (Å²) in [6, 6.07) is 12.8. The van der Waals surface area contributed by atoms with Gasteiger partial charge in [0.05, 0.1) is 6.10 Å². The SMILES string of the molecule is CC(Cc1ccc2c(c1)CC(C(=O)O)(C(=O)O)C2)NCC(O)c1cccc(Cl)c1. The van der Waals surface area contributed by atoms with Gasteiger partial charge in [-0.25, -0.2) is 0 Å². The van der Waals surface area contributed by atoms with E-state index < -0.39 is 23.5 Å². The van der Waals surface area contributed by atoms with Crippen LogP contribution < -0.4 is 5.32 Å². The minimum absolute atomic E-state index is 0.00384. The lowest BCUT2D eigenvalue weighted by Crippen LogP contribution is -2.40. The molecule has 0 amide bonds. The standard InChI is InChI=1S/C22H24ClNO5/c1-13(24-12-19(25)15-3-2-4-18(23)9-15)7-14-5-6-16-10-22(20(26)27,21(28)29)11-17(16)8-14/h2-6,8-9,13,19,24-25H,7,10-12H2,1H3,(H,26,27)(H,28,29). The van der Waals surface area contributed by atoms with Gasteiger partial charge < -0.3 is 20.6 Å². The van der Waals surface area contributed by atoms with Gasteiger partial charge in [0.2, 0.25) is 0 Å². The molecule has 3 rings (SSSR count). The van der Waals surface area contributed by atoms with Crippen molar-refractivity contribution in [3.05, 3.63) is 69.7 Å². The molecule has 1 aliphatic rings. The van der Waals surface area contributed by atoms with Gasteiger partial charge in [0.15, 0.2) is 5.41 Å². The topological polar surface area (TPSA) is 107 Å². The van der Waals surface area contributed by atoms with Crippen molar-refractivity contribution in [3.8, 4) is 0 Å². The number of aliphatic hydroxyl groups excluding tert-OH is 1. The van der Waals surface area contributed by atoms with Gasteiger partial charge in [-0.2, -0.15) is 0 Å². The first-order chi connectivity index (χ1) is 13.7. The lowest BCUT2D eigenvalue weighted by atomic mass is 9.85. The highest BCUT2D eigenvalue weighted by atomic mass is 35.5. The third-order valence-corrected chi connectivity index (χ3v) is 5.74. The number of benzene rings is 2. The van der Waals surface area contributed by atoms with Crippen LogP contribution in [-0.4, -0.2) is 39.8 Å². The predicted molar refractivity (Wildman–Crippen MR) is 109 cm³/mol. The molecule has 29 heavy (non-hydrogen) atoms. The maximum absolute atomic E-state index is 11.6. The zero-order valence-corrected chi connectivity index (χ0v) is 16.8. The number of aliphatic carboxylic acids is 2.